The van der Waals surface area contributed by atoms with E-state index in [2.05, 4.69) is 5.32 Å². The lowest BCUT2D eigenvalue weighted by atomic mass is 9.72. The van der Waals surface area contributed by atoms with Crippen LogP contribution in [0.1, 0.15) is 36.8 Å². The first-order chi connectivity index (χ1) is 11.8. The molecule has 0 aromatic heterocycles. The third kappa shape index (κ3) is 3.27. The van der Waals surface area contributed by atoms with Gasteiger partial charge in [0.15, 0.2) is 0 Å². The van der Waals surface area contributed by atoms with Crippen LogP contribution in [0.4, 0.5) is 4.39 Å². The fraction of sp³-hybridized carbons (Fsp3) is 0.579. The predicted octanol–water partition coefficient (Wildman–Crippen LogP) is 2.39. The molecule has 0 aliphatic heterocycles. The van der Waals surface area contributed by atoms with E-state index in [0.717, 1.165) is 24.8 Å². The molecule has 1 aromatic rings. The van der Waals surface area contributed by atoms with E-state index < -0.39 is 17.3 Å². The number of carbonyl (C=O) groups excluding carboxylic acids is 1. The molecule has 2 fully saturated rings. The number of hydrogen-bond donors (Lipinski definition) is 2. The van der Waals surface area contributed by atoms with Crippen LogP contribution in [-0.2, 0) is 22.7 Å². The summed E-state index contributed by atoms with van der Waals surface area (Å²) in [7, 11) is 3.72. The first-order valence-corrected chi connectivity index (χ1v) is 8.76. The number of hydrogen-bond acceptors (Lipinski definition) is 3. The van der Waals surface area contributed by atoms with Gasteiger partial charge >= 0.3 is 5.97 Å². The van der Waals surface area contributed by atoms with Crippen molar-refractivity contribution in [3.63, 3.8) is 0 Å². The Morgan fingerprint density at radius 2 is 2.12 bits per heavy atom. The van der Waals surface area contributed by atoms with E-state index in [1.807, 2.05) is 19.0 Å². The Labute approximate surface area is 147 Å². The first kappa shape index (κ1) is 17.9. The van der Waals surface area contributed by atoms with E-state index in [0.29, 0.717) is 24.4 Å². The number of carboxylic acids is 1. The number of aliphatic carboxylic acids is 1. The van der Waals surface area contributed by atoms with Crippen LogP contribution in [-0.4, -0.2) is 36.0 Å². The van der Waals surface area contributed by atoms with Crippen LogP contribution in [0.3, 0.4) is 0 Å². The third-order valence-corrected chi connectivity index (χ3v) is 5.69. The van der Waals surface area contributed by atoms with Crippen molar-refractivity contribution in [2.45, 2.75) is 38.8 Å². The van der Waals surface area contributed by atoms with Crippen LogP contribution in [0.25, 0.3) is 0 Å². The van der Waals surface area contributed by atoms with E-state index in [1.165, 1.54) is 6.07 Å². The average molecular weight is 348 g/mol. The zero-order valence-corrected chi connectivity index (χ0v) is 14.7. The molecular weight excluding hydrogens is 323 g/mol. The average Bonchev–Trinajstić information content (AvgIpc) is 3.16. The highest BCUT2D eigenvalue weighted by Crippen LogP contribution is 2.56. The summed E-state index contributed by atoms with van der Waals surface area (Å²) >= 11 is 0. The van der Waals surface area contributed by atoms with Gasteiger partial charge in [-0.2, -0.15) is 0 Å². The maximum absolute atomic E-state index is 13.9. The summed E-state index contributed by atoms with van der Waals surface area (Å²) in [4.78, 5) is 26.5. The molecule has 6 heteroatoms. The molecule has 3 unspecified atom stereocenters. The van der Waals surface area contributed by atoms with Crippen molar-refractivity contribution in [2.24, 2.45) is 17.3 Å². The van der Waals surface area contributed by atoms with Gasteiger partial charge in [-0.3, -0.25) is 9.59 Å². The second kappa shape index (κ2) is 6.75. The second-order valence-electron chi connectivity index (χ2n) is 7.70. The highest BCUT2D eigenvalue weighted by atomic mass is 19.1. The van der Waals surface area contributed by atoms with Gasteiger partial charge in [0.2, 0.25) is 5.91 Å². The van der Waals surface area contributed by atoms with Gasteiger partial charge in [-0.1, -0.05) is 12.5 Å². The van der Waals surface area contributed by atoms with Crippen LogP contribution in [0.5, 0.6) is 0 Å². The van der Waals surface area contributed by atoms with Crippen LogP contribution in [0.2, 0.25) is 0 Å². The summed E-state index contributed by atoms with van der Waals surface area (Å²) in [6.45, 7) is 0.683. The molecule has 3 atom stereocenters. The van der Waals surface area contributed by atoms with Crippen LogP contribution >= 0.6 is 0 Å². The number of fused-ring (bicyclic) bond motifs is 2. The van der Waals surface area contributed by atoms with Crippen molar-refractivity contribution >= 4 is 11.9 Å². The zero-order valence-electron chi connectivity index (χ0n) is 14.7. The highest BCUT2D eigenvalue weighted by molar-refractivity contribution is 6.02. The normalized spacial score (nSPS) is 27.7. The fourth-order valence-corrected chi connectivity index (χ4v) is 4.51. The van der Waals surface area contributed by atoms with Crippen molar-refractivity contribution < 1.29 is 19.1 Å². The lowest BCUT2D eigenvalue weighted by molar-refractivity contribution is -0.160. The first-order valence-electron chi connectivity index (χ1n) is 8.76. The van der Waals surface area contributed by atoms with Gasteiger partial charge in [0.05, 0.1) is 0 Å². The summed E-state index contributed by atoms with van der Waals surface area (Å²) in [6, 6.07) is 4.75. The van der Waals surface area contributed by atoms with Crippen molar-refractivity contribution in [1.29, 1.82) is 0 Å². The number of carbonyl (C=O) groups is 2. The molecule has 2 N–H and O–H groups in total. The molecule has 2 bridgehead atoms. The monoisotopic (exact) mass is 348 g/mol. The van der Waals surface area contributed by atoms with Gasteiger partial charge in [-0.15, -0.1) is 0 Å². The minimum Gasteiger partial charge on any atom is -0.480 e. The van der Waals surface area contributed by atoms with Gasteiger partial charge in [-0.25, -0.2) is 4.39 Å². The van der Waals surface area contributed by atoms with Crippen molar-refractivity contribution in [3.05, 3.63) is 35.1 Å². The molecule has 0 spiro atoms. The molecule has 1 aromatic carbocycles. The number of nitrogens with one attached hydrogen (secondary N) is 1. The van der Waals surface area contributed by atoms with Gasteiger partial charge in [0.1, 0.15) is 11.2 Å². The number of carboxylic acid groups (broad SMARTS) is 1. The van der Waals surface area contributed by atoms with E-state index in [-0.39, 0.29) is 18.3 Å². The van der Waals surface area contributed by atoms with E-state index >= 15 is 0 Å². The minimum atomic E-state index is -1.28. The Morgan fingerprint density at radius 1 is 1.36 bits per heavy atom. The zero-order chi connectivity index (χ0) is 18.2. The third-order valence-electron chi connectivity index (χ3n) is 5.69. The highest BCUT2D eigenvalue weighted by Gasteiger charge is 2.60. The topological polar surface area (TPSA) is 69.6 Å². The molecule has 0 radical (unpaired) electrons. The molecule has 1 amide bonds. The molecular formula is C19H25FN2O3. The smallest absolute Gasteiger partial charge is 0.319 e. The Kier molecular flexibility index (Phi) is 4.82. The molecule has 2 aliphatic carbocycles. The molecule has 0 heterocycles. The van der Waals surface area contributed by atoms with E-state index in [1.54, 1.807) is 12.1 Å². The maximum Gasteiger partial charge on any atom is 0.319 e. The molecule has 25 heavy (non-hydrogen) atoms. The van der Waals surface area contributed by atoms with Gasteiger partial charge in [0, 0.05) is 18.7 Å². The number of nitrogens with zero attached hydrogens (tertiary/aromatic N) is 1. The fourth-order valence-electron chi connectivity index (χ4n) is 4.51. The maximum atomic E-state index is 13.9. The summed E-state index contributed by atoms with van der Waals surface area (Å²) < 4.78 is 13.9. The largest absolute Gasteiger partial charge is 0.480 e. The van der Waals surface area contributed by atoms with Crippen LogP contribution < -0.4 is 5.32 Å². The lowest BCUT2D eigenvalue weighted by Gasteiger charge is -2.32. The van der Waals surface area contributed by atoms with Gasteiger partial charge in [-0.05, 0) is 62.9 Å². The second-order valence-corrected chi connectivity index (χ2v) is 7.70. The molecule has 5 nitrogen and oxygen atoms in total. The SMILES string of the molecule is CN(C)Cc1cc(CNC(=O)C2(C(=O)O)CC3CCC2C3)ccc1F. The number of halogens is 1. The molecule has 3 rings (SSSR count). The summed E-state index contributed by atoms with van der Waals surface area (Å²) in [5, 5.41) is 12.5. The molecule has 0 saturated heterocycles. The van der Waals surface area contributed by atoms with Gasteiger partial charge < -0.3 is 15.3 Å². The Balaban J connectivity index is 1.71. The summed E-state index contributed by atoms with van der Waals surface area (Å²) in [5.41, 5.74) is 0.0509. The molecule has 2 aliphatic rings. The molecule has 136 valence electrons. The van der Waals surface area contributed by atoms with Crippen LogP contribution in [0.15, 0.2) is 18.2 Å². The summed E-state index contributed by atoms with van der Waals surface area (Å²) in [5.74, 6) is -1.40. The van der Waals surface area contributed by atoms with Gasteiger partial charge in [0.25, 0.3) is 0 Å². The predicted molar refractivity (Wildman–Crippen MR) is 91.2 cm³/mol. The Hall–Kier alpha value is -1.95. The minimum absolute atomic E-state index is 0.0625. The quantitative estimate of drug-likeness (QED) is 0.775. The van der Waals surface area contributed by atoms with Crippen molar-refractivity contribution in [1.82, 2.24) is 10.2 Å². The van der Waals surface area contributed by atoms with E-state index in [4.69, 9.17) is 0 Å². The van der Waals surface area contributed by atoms with Crippen molar-refractivity contribution in [3.8, 4) is 0 Å². The van der Waals surface area contributed by atoms with Crippen LogP contribution in [0, 0.1) is 23.1 Å². The van der Waals surface area contributed by atoms with Crippen molar-refractivity contribution in [2.75, 3.05) is 14.1 Å². The number of rotatable bonds is 6. The number of amides is 1. The molecule has 2 saturated carbocycles. The standard InChI is InChI=1S/C19H25FN2O3/c1-22(2)11-14-7-13(4-6-16(14)20)10-21-17(23)19(18(24)25)9-12-3-5-15(19)8-12/h4,6-7,12,15H,3,5,8-11H2,1-2H3,(H,21,23)(H,24,25). The summed E-state index contributed by atoms with van der Waals surface area (Å²) in [6.07, 6.45) is 3.12. The Morgan fingerprint density at radius 3 is 2.68 bits per heavy atom. The number of benzene rings is 1. The van der Waals surface area contributed by atoms with E-state index in [9.17, 15) is 19.1 Å². The Bertz CT molecular complexity index is 691. The lowest BCUT2D eigenvalue weighted by Crippen LogP contribution is -2.49.